The number of rotatable bonds is 11. The zero-order chi connectivity index (χ0) is 63.1. The summed E-state index contributed by atoms with van der Waals surface area (Å²) in [5.41, 5.74) is 25.1. The smallest absolute Gasteiger partial charge is 0.164 e. The predicted octanol–water partition coefficient (Wildman–Crippen LogP) is 22.5. The van der Waals surface area contributed by atoms with E-state index in [1.54, 1.807) is 0 Å². The first kappa shape index (κ1) is 55.3. The quantitative estimate of drug-likeness (QED) is 0.129. The Morgan fingerprint density at radius 3 is 1.08 bits per heavy atom. The van der Waals surface area contributed by atoms with E-state index in [1.807, 2.05) is 36.4 Å². The lowest BCUT2D eigenvalue weighted by atomic mass is 9.87. The van der Waals surface area contributed by atoms with Crippen molar-refractivity contribution in [3.05, 3.63) is 333 Å². The van der Waals surface area contributed by atoms with Crippen LogP contribution in [0.25, 0.3) is 173 Å². The minimum Gasteiger partial charge on any atom is -0.309 e. The monoisotopic (exact) mass is 1210 g/mol. The van der Waals surface area contributed by atoms with Gasteiger partial charge in [0.2, 0.25) is 0 Å². The van der Waals surface area contributed by atoms with Crippen LogP contribution in [0.2, 0.25) is 0 Å². The lowest BCUT2D eigenvalue weighted by Gasteiger charge is -2.21. The molecule has 0 amide bonds. The lowest BCUT2D eigenvalue weighted by Crippen LogP contribution is -2.02. The van der Waals surface area contributed by atoms with Gasteiger partial charge in [0.05, 0.1) is 44.5 Å². The van der Waals surface area contributed by atoms with Crippen LogP contribution < -0.4 is 0 Å². The second-order valence-corrected chi connectivity index (χ2v) is 24.7. The third-order valence-electron chi connectivity index (χ3n) is 18.8. The second kappa shape index (κ2) is 22.7. The van der Waals surface area contributed by atoms with Gasteiger partial charge in [0.1, 0.15) is 0 Å². The molecule has 0 saturated carbocycles. The molecule has 0 atom stereocenters. The number of aryl methyl sites for hydroxylation is 2. The average Bonchev–Trinajstić information content (AvgIpc) is 1.71. The molecule has 5 heterocycles. The van der Waals surface area contributed by atoms with Crippen molar-refractivity contribution in [1.82, 2.24) is 33.6 Å². The third-order valence-corrected chi connectivity index (χ3v) is 18.8. The Morgan fingerprint density at radius 2 is 0.589 bits per heavy atom. The van der Waals surface area contributed by atoms with Crippen LogP contribution in [0.5, 0.6) is 0 Å². The first-order chi connectivity index (χ1) is 46.9. The highest BCUT2D eigenvalue weighted by atomic mass is 15.0. The molecule has 7 nitrogen and oxygen atoms in total. The van der Waals surface area contributed by atoms with E-state index in [0.29, 0.717) is 17.5 Å². The first-order valence-corrected chi connectivity index (χ1v) is 32.3. The molecule has 0 aliphatic heterocycles. The van der Waals surface area contributed by atoms with Gasteiger partial charge in [-0.15, -0.1) is 0 Å². The number of para-hydroxylation sites is 3. The highest BCUT2D eigenvalue weighted by Crippen LogP contribution is 2.46. The summed E-state index contributed by atoms with van der Waals surface area (Å²) in [4.78, 5) is 21.8. The van der Waals surface area contributed by atoms with Crippen molar-refractivity contribution in [3.63, 3.8) is 0 Å². The molecule has 0 N–H and O–H groups in total. The Bertz CT molecular complexity index is 5950. The molecule has 0 unspecified atom stereocenters. The number of hydrogen-bond acceptors (Lipinski definition) is 4. The summed E-state index contributed by atoms with van der Waals surface area (Å²) >= 11 is 0. The van der Waals surface area contributed by atoms with Crippen molar-refractivity contribution in [1.29, 1.82) is 0 Å². The second-order valence-electron chi connectivity index (χ2n) is 24.7. The van der Waals surface area contributed by atoms with Gasteiger partial charge in [0.15, 0.2) is 17.5 Å². The maximum atomic E-state index is 5.92. The number of benzene rings is 13. The SMILES string of the molecule is Cc1ccc2c(c1)c1ccccc1n2-c1ccc(-c2nc(-c3ccc(-n4c5ccccc5c5cc(-c6ccccc6)ccc54)cc3)cc(-c3ccccc3-c3nc(-c4ccccc4)nc(-c4ccccc4)n3)c2-c2ccc(-n3c4ccccc4c4cc(C)ccc43)cc2)cc1. The molecular formula is C88H59N7. The molecule has 95 heavy (non-hydrogen) atoms. The molecule has 7 heteroatoms. The van der Waals surface area contributed by atoms with Crippen molar-refractivity contribution >= 4 is 65.4 Å². The van der Waals surface area contributed by atoms with Crippen molar-refractivity contribution in [2.75, 3.05) is 0 Å². The zero-order valence-corrected chi connectivity index (χ0v) is 52.2. The van der Waals surface area contributed by atoms with E-state index in [-0.39, 0.29) is 0 Å². The van der Waals surface area contributed by atoms with Gasteiger partial charge in [-0.25, -0.2) is 19.9 Å². The van der Waals surface area contributed by atoms with Crippen LogP contribution in [0.3, 0.4) is 0 Å². The summed E-state index contributed by atoms with van der Waals surface area (Å²) in [5.74, 6) is 1.75. The van der Waals surface area contributed by atoms with Gasteiger partial charge >= 0.3 is 0 Å². The normalized spacial score (nSPS) is 11.7. The van der Waals surface area contributed by atoms with Gasteiger partial charge in [0, 0.05) is 82.8 Å². The van der Waals surface area contributed by atoms with Crippen LogP contribution in [0, 0.1) is 13.8 Å². The van der Waals surface area contributed by atoms with E-state index in [9.17, 15) is 0 Å². The first-order valence-electron chi connectivity index (χ1n) is 32.3. The number of aromatic nitrogens is 7. The number of fused-ring (bicyclic) bond motifs is 9. The van der Waals surface area contributed by atoms with E-state index in [4.69, 9.17) is 19.9 Å². The molecule has 0 spiro atoms. The highest BCUT2D eigenvalue weighted by Gasteiger charge is 2.25. The summed E-state index contributed by atoms with van der Waals surface area (Å²) in [6.45, 7) is 4.33. The molecule has 0 aliphatic carbocycles. The van der Waals surface area contributed by atoms with E-state index in [0.717, 1.165) is 112 Å². The summed E-state index contributed by atoms with van der Waals surface area (Å²) < 4.78 is 7.17. The Kier molecular flexibility index (Phi) is 13.2. The van der Waals surface area contributed by atoms with Gasteiger partial charge in [-0.1, -0.05) is 236 Å². The van der Waals surface area contributed by atoms with E-state index < -0.39 is 0 Å². The Hall–Kier alpha value is -12.6. The maximum absolute atomic E-state index is 5.92. The van der Waals surface area contributed by atoms with Crippen LogP contribution in [0.15, 0.2) is 322 Å². The van der Waals surface area contributed by atoms with Crippen LogP contribution >= 0.6 is 0 Å². The number of pyridine rings is 1. The van der Waals surface area contributed by atoms with Crippen molar-refractivity contribution in [2.24, 2.45) is 0 Å². The van der Waals surface area contributed by atoms with Crippen molar-refractivity contribution in [2.45, 2.75) is 13.8 Å². The molecule has 0 saturated heterocycles. The largest absolute Gasteiger partial charge is 0.309 e. The maximum Gasteiger partial charge on any atom is 0.164 e. The molecule has 5 aromatic heterocycles. The van der Waals surface area contributed by atoms with Gasteiger partial charge < -0.3 is 13.7 Å². The number of nitrogens with zero attached hydrogens (tertiary/aromatic N) is 7. The lowest BCUT2D eigenvalue weighted by molar-refractivity contribution is 1.07. The van der Waals surface area contributed by atoms with Gasteiger partial charge in [0.25, 0.3) is 0 Å². The predicted molar refractivity (Wildman–Crippen MR) is 394 cm³/mol. The standard InChI is InChI=1S/C88H59N7/c1-56-34-49-81-73(52-56)69-27-14-17-31-78(69)93(81)66-45-38-60(39-46-66)84-76(68-26-12-13-30-72(68)88-91-86(62-22-8-4-9-23-62)90-87(92-88)63-24-10-5-11-25-63)55-77(89-85(84)61-40-47-67(48-41-61)94-79-32-18-15-28-70(79)74-53-57(2)35-50-82(74)94)59-36-43-65(44-37-59)95-80-33-19-16-29-71(80)75-54-64(42-51-83(75)95)58-20-6-3-7-21-58/h3-55H,1-2H3. The Balaban J connectivity index is 0.873. The fourth-order valence-corrected chi connectivity index (χ4v) is 14.4. The molecule has 0 fully saturated rings. The molecule has 0 radical (unpaired) electrons. The number of hydrogen-bond donors (Lipinski definition) is 0. The van der Waals surface area contributed by atoms with Gasteiger partial charge in [-0.2, -0.15) is 0 Å². The molecule has 18 aromatic rings. The summed E-state index contributed by atoms with van der Waals surface area (Å²) in [6.07, 6.45) is 0. The average molecular weight is 1210 g/mol. The van der Waals surface area contributed by atoms with Crippen LogP contribution in [-0.2, 0) is 0 Å². The van der Waals surface area contributed by atoms with Crippen LogP contribution in [0.4, 0.5) is 0 Å². The van der Waals surface area contributed by atoms with E-state index in [1.165, 1.54) is 54.6 Å². The third kappa shape index (κ3) is 9.51. The molecule has 446 valence electrons. The molecule has 0 bridgehead atoms. The van der Waals surface area contributed by atoms with E-state index >= 15 is 0 Å². The Morgan fingerprint density at radius 1 is 0.221 bits per heavy atom. The van der Waals surface area contributed by atoms with Crippen LogP contribution in [-0.4, -0.2) is 33.6 Å². The molecule has 0 aliphatic rings. The van der Waals surface area contributed by atoms with Crippen LogP contribution in [0.1, 0.15) is 11.1 Å². The fraction of sp³-hybridized carbons (Fsp3) is 0.0227. The minimum absolute atomic E-state index is 0.563. The molecule has 18 rings (SSSR count). The highest BCUT2D eigenvalue weighted by molar-refractivity contribution is 6.12. The topological polar surface area (TPSA) is 66.3 Å². The molecule has 13 aromatic carbocycles. The minimum atomic E-state index is 0.563. The Labute approximate surface area is 549 Å². The van der Waals surface area contributed by atoms with E-state index in [2.05, 4.69) is 313 Å². The fourth-order valence-electron chi connectivity index (χ4n) is 14.4. The molecular weight excluding hydrogens is 1160 g/mol. The summed E-state index contributed by atoms with van der Waals surface area (Å²) in [6, 6.07) is 115. The van der Waals surface area contributed by atoms with Gasteiger partial charge in [-0.05, 0) is 139 Å². The van der Waals surface area contributed by atoms with Gasteiger partial charge in [-0.3, -0.25) is 0 Å². The zero-order valence-electron chi connectivity index (χ0n) is 52.2. The van der Waals surface area contributed by atoms with Crippen molar-refractivity contribution < 1.29 is 0 Å². The van der Waals surface area contributed by atoms with Crippen molar-refractivity contribution in [3.8, 4) is 107 Å². The summed E-state index contributed by atoms with van der Waals surface area (Å²) in [5, 5.41) is 7.32. The summed E-state index contributed by atoms with van der Waals surface area (Å²) in [7, 11) is 0.